The van der Waals surface area contributed by atoms with E-state index in [9.17, 15) is 13.2 Å². The summed E-state index contributed by atoms with van der Waals surface area (Å²) in [5.41, 5.74) is 12.4. The van der Waals surface area contributed by atoms with Crippen LogP contribution in [0, 0.1) is 37.1 Å². The zero-order valence-electron chi connectivity index (χ0n) is 44.1. The Bertz CT molecular complexity index is 3530. The molecule has 0 amide bonds. The van der Waals surface area contributed by atoms with E-state index < -0.39 is 23.3 Å². The number of hydrogen-bond acceptors (Lipinski definition) is 10. The van der Waals surface area contributed by atoms with Crippen molar-refractivity contribution in [1.29, 1.82) is 0 Å². The number of pyridine rings is 4. The Hall–Kier alpha value is -7.39. The van der Waals surface area contributed by atoms with Crippen molar-refractivity contribution in [3.05, 3.63) is 183 Å². The van der Waals surface area contributed by atoms with Crippen molar-refractivity contribution in [2.75, 3.05) is 85.7 Å². The fraction of sp³-hybridized carbons (Fsp3) is 0.290. The second-order valence-corrected chi connectivity index (χ2v) is 21.4. The molecule has 4 aromatic heterocycles. The van der Waals surface area contributed by atoms with Crippen LogP contribution >= 0.6 is 11.6 Å². The minimum atomic E-state index is -0.700. The summed E-state index contributed by atoms with van der Waals surface area (Å²) >= 11 is 6.23. The van der Waals surface area contributed by atoms with Gasteiger partial charge in [0.25, 0.3) is 0 Å². The van der Waals surface area contributed by atoms with E-state index in [1.54, 1.807) is 13.0 Å². The fourth-order valence-corrected chi connectivity index (χ4v) is 10.6. The molecule has 0 bridgehead atoms. The van der Waals surface area contributed by atoms with Gasteiger partial charge in [-0.1, -0.05) is 112 Å². The predicted molar refractivity (Wildman–Crippen MR) is 305 cm³/mol. The number of morpholine rings is 2. The van der Waals surface area contributed by atoms with Crippen molar-refractivity contribution in [1.82, 2.24) is 19.9 Å². The Morgan fingerprint density at radius 2 is 1.08 bits per heavy atom. The smallest absolute Gasteiger partial charge is 0.137 e. The van der Waals surface area contributed by atoms with Crippen LogP contribution in [0.15, 0.2) is 109 Å². The number of benzene rings is 4. The fourth-order valence-electron chi connectivity index (χ4n) is 10.4. The third kappa shape index (κ3) is 11.4. The summed E-state index contributed by atoms with van der Waals surface area (Å²) in [6, 6.07) is 28.2. The number of anilines is 5. The van der Waals surface area contributed by atoms with Crippen LogP contribution in [0.25, 0.3) is 46.1 Å². The number of halogens is 5. The molecule has 2 saturated heterocycles. The Morgan fingerprint density at radius 3 is 1.64 bits per heavy atom. The first-order chi connectivity index (χ1) is 37.0. The normalized spacial score (nSPS) is 16.5. The van der Waals surface area contributed by atoms with Gasteiger partial charge in [-0.05, 0) is 60.4 Å². The second kappa shape index (κ2) is 22.3. The maximum atomic E-state index is 15.5. The minimum absolute atomic E-state index is 0.150. The maximum absolute atomic E-state index is 15.5. The topological polar surface area (TPSA) is 91.8 Å². The summed E-state index contributed by atoms with van der Waals surface area (Å²) in [7, 11) is 0. The van der Waals surface area contributed by atoms with E-state index >= 15 is 4.39 Å². The molecule has 0 aliphatic carbocycles. The molecule has 0 saturated carbocycles. The molecule has 0 atom stereocenters. The van der Waals surface area contributed by atoms with Crippen molar-refractivity contribution in [2.45, 2.75) is 52.4 Å². The molecule has 4 aliphatic rings. The first-order valence-electron chi connectivity index (χ1n) is 25.9. The summed E-state index contributed by atoms with van der Waals surface area (Å²) in [5.74, 6) is -2.63. The first-order valence-corrected chi connectivity index (χ1v) is 26.3. The van der Waals surface area contributed by atoms with Crippen molar-refractivity contribution in [2.24, 2.45) is 0 Å². The van der Waals surface area contributed by atoms with Crippen LogP contribution in [0.4, 0.5) is 46.0 Å². The Balaban J connectivity index is 0.000000145. The highest BCUT2D eigenvalue weighted by atomic mass is 35.5. The molecule has 15 heteroatoms. The Morgan fingerprint density at radius 1 is 0.584 bits per heavy atom. The van der Waals surface area contributed by atoms with Crippen LogP contribution in [0.3, 0.4) is 0 Å². The summed E-state index contributed by atoms with van der Waals surface area (Å²) < 4.78 is 68.0. The first kappa shape index (κ1) is 53.0. The number of nitrogens with zero attached hydrogens (tertiary/aromatic N) is 7. The van der Waals surface area contributed by atoms with E-state index in [1.165, 1.54) is 29.2 Å². The molecule has 12 rings (SSSR count). The van der Waals surface area contributed by atoms with Gasteiger partial charge in [-0.15, -0.1) is 0 Å². The largest absolute Gasteiger partial charge is 0.383 e. The molecule has 0 unspecified atom stereocenters. The quantitative estimate of drug-likeness (QED) is 0.156. The maximum Gasteiger partial charge on any atom is 0.137 e. The van der Waals surface area contributed by atoms with Crippen molar-refractivity contribution in [3.63, 3.8) is 0 Å². The van der Waals surface area contributed by atoms with Gasteiger partial charge in [-0.25, -0.2) is 27.5 Å². The third-order valence-electron chi connectivity index (χ3n) is 14.5. The summed E-state index contributed by atoms with van der Waals surface area (Å²) in [5, 5.41) is 4.18. The van der Waals surface area contributed by atoms with Gasteiger partial charge in [0.2, 0.25) is 0 Å². The highest BCUT2D eigenvalue weighted by Crippen LogP contribution is 2.48. The molecule has 2 fully saturated rings. The number of aromatic nitrogens is 4. The van der Waals surface area contributed by atoms with E-state index in [4.69, 9.17) is 31.0 Å². The SMILES string of the molecule is CC1(C)CNc2cc(N3CCOCC3)cnc21.Cc1c(/C=C/c2ccccc2)nc2cc(F)cc(F)c2c1Cl.Cc1c(/C=C/c2ccccc2)nc2cc(F)cc(F)c2c1N1CC(C)(C)c2ncc(N3CCOCC3)cc21. The molecule has 396 valence electrons. The summed E-state index contributed by atoms with van der Waals surface area (Å²) in [6.07, 6.45) is 11.5. The minimum Gasteiger partial charge on any atom is -0.383 e. The lowest BCUT2D eigenvalue weighted by Gasteiger charge is -2.30. The monoisotopic (exact) mass is 1060 g/mol. The molecule has 4 aromatic carbocycles. The zero-order chi connectivity index (χ0) is 54.0. The van der Waals surface area contributed by atoms with E-state index in [2.05, 4.69) is 69.8 Å². The molecule has 10 nitrogen and oxygen atoms in total. The zero-order valence-corrected chi connectivity index (χ0v) is 44.9. The molecular weight excluding hydrogens is 1000 g/mol. The van der Waals surface area contributed by atoms with Crippen LogP contribution in [-0.4, -0.2) is 85.6 Å². The molecule has 8 heterocycles. The van der Waals surface area contributed by atoms with E-state index in [0.717, 1.165) is 91.8 Å². The Labute approximate surface area is 452 Å². The number of nitrogens with one attached hydrogen (secondary N) is 1. The molecule has 8 aromatic rings. The molecule has 0 spiro atoms. The molecular formula is C62H61ClF4N8O2. The van der Waals surface area contributed by atoms with Crippen molar-refractivity contribution in [3.8, 4) is 0 Å². The number of rotatable bonds is 7. The average molecular weight is 1060 g/mol. The van der Waals surface area contributed by atoms with Crippen LogP contribution in [0.5, 0.6) is 0 Å². The molecule has 0 radical (unpaired) electrons. The predicted octanol–water partition coefficient (Wildman–Crippen LogP) is 13.9. The van der Waals surface area contributed by atoms with Crippen LogP contribution in [-0.2, 0) is 20.3 Å². The standard InChI is InChI=1S/C31H30F2N4O.C18H12ClF2N.C13H19N3O/c1-20-25(10-9-21-7-5-4-6-8-21)35-26-16-22(32)15-24(33)28(26)29(20)37-19-31(2,3)30-27(37)17-23(18-34-30)36-11-13-38-14-12-36;1-11-15(8-7-12-5-3-2-4-6-12)22-16-10-13(20)9-14(21)17(16)18(11)19;1-13(2)9-15-11-7-10(8-14-12(11)13)16-3-5-17-6-4-16/h4-10,15-18H,11-14,19H2,1-3H3;2-10H,1H3;7-8,15H,3-6,9H2,1-2H3/b10-9+;8-7+;. The van der Waals surface area contributed by atoms with Gasteiger partial charge in [0.1, 0.15) is 23.3 Å². The lowest BCUT2D eigenvalue weighted by molar-refractivity contribution is 0.122. The molecule has 77 heavy (non-hydrogen) atoms. The van der Waals surface area contributed by atoms with Gasteiger partial charge in [-0.2, -0.15) is 0 Å². The van der Waals surface area contributed by atoms with Gasteiger partial charge in [-0.3, -0.25) is 9.97 Å². The van der Waals surface area contributed by atoms with Gasteiger partial charge in [0, 0.05) is 74.4 Å². The van der Waals surface area contributed by atoms with E-state index in [-0.39, 0.29) is 26.8 Å². The number of hydrogen-bond donors (Lipinski definition) is 1. The van der Waals surface area contributed by atoms with E-state index in [1.807, 2.05) is 98.2 Å². The van der Waals surface area contributed by atoms with Crippen LogP contribution in [0.2, 0.25) is 5.02 Å². The second-order valence-electron chi connectivity index (χ2n) is 21.0. The van der Waals surface area contributed by atoms with E-state index in [0.29, 0.717) is 53.3 Å². The number of fused-ring (bicyclic) bond motifs is 4. The van der Waals surface area contributed by atoms with Crippen LogP contribution in [0.1, 0.15) is 72.7 Å². The lowest BCUT2D eigenvalue weighted by atomic mass is 9.91. The van der Waals surface area contributed by atoms with Gasteiger partial charge in [0.05, 0.1) is 117 Å². The summed E-state index contributed by atoms with van der Waals surface area (Å²) in [6.45, 7) is 20.6. The Kier molecular flexibility index (Phi) is 15.4. The summed E-state index contributed by atoms with van der Waals surface area (Å²) in [4.78, 5) is 25.3. The highest BCUT2D eigenvalue weighted by molar-refractivity contribution is 6.36. The average Bonchev–Trinajstić information content (AvgIpc) is 4.02. The lowest BCUT2D eigenvalue weighted by Crippen LogP contribution is -2.36. The molecule has 4 aliphatic heterocycles. The van der Waals surface area contributed by atoms with Gasteiger partial charge < -0.3 is 29.5 Å². The highest BCUT2D eigenvalue weighted by Gasteiger charge is 2.40. The van der Waals surface area contributed by atoms with Crippen LogP contribution < -0.4 is 20.0 Å². The third-order valence-corrected chi connectivity index (χ3v) is 15.0. The van der Waals surface area contributed by atoms with Gasteiger partial charge >= 0.3 is 0 Å². The van der Waals surface area contributed by atoms with Crippen molar-refractivity contribution < 1.29 is 27.0 Å². The van der Waals surface area contributed by atoms with Crippen molar-refractivity contribution >= 4 is 86.1 Å². The molecule has 1 N–H and O–H groups in total. The number of ether oxygens (including phenoxy) is 2. The van der Waals surface area contributed by atoms with Gasteiger partial charge in [0.15, 0.2) is 0 Å².